The van der Waals surface area contributed by atoms with E-state index in [0.717, 1.165) is 22.6 Å². The highest BCUT2D eigenvalue weighted by molar-refractivity contribution is 6.10. The van der Waals surface area contributed by atoms with Crippen LogP contribution in [0.2, 0.25) is 0 Å². The maximum Gasteiger partial charge on any atom is 0.573 e. The zero-order valence-electron chi connectivity index (χ0n) is 24.4. The highest BCUT2D eigenvalue weighted by atomic mass is 19.4. The molecule has 0 spiro atoms. The van der Waals surface area contributed by atoms with Gasteiger partial charge in [-0.1, -0.05) is 50.2 Å². The molecule has 0 aliphatic carbocycles. The van der Waals surface area contributed by atoms with Crippen molar-refractivity contribution in [2.24, 2.45) is 11.5 Å². The lowest BCUT2D eigenvalue weighted by atomic mass is 9.89. The topological polar surface area (TPSA) is 108 Å². The molecule has 0 bridgehead atoms. The van der Waals surface area contributed by atoms with Crippen molar-refractivity contribution >= 4 is 12.2 Å². The fourth-order valence-corrected chi connectivity index (χ4v) is 4.06. The number of allylic oxidation sites excluding steroid dienone is 4. The van der Waals surface area contributed by atoms with Crippen LogP contribution in [0, 0.1) is 0 Å². The average molecular weight is 574 g/mol. The molecular formula is C31H38F3N3O4. The van der Waals surface area contributed by atoms with Crippen LogP contribution >= 0.6 is 0 Å². The fraction of sp³-hybridized carbons (Fsp3) is 0.355. The quantitative estimate of drug-likeness (QED) is 0.100. The van der Waals surface area contributed by atoms with Gasteiger partial charge in [-0.3, -0.25) is 14.5 Å². The third kappa shape index (κ3) is 9.73. The molecule has 1 unspecified atom stereocenters. The number of halogens is 3. The highest BCUT2D eigenvalue weighted by Crippen LogP contribution is 2.37. The average Bonchev–Trinajstić information content (AvgIpc) is 2.85. The number of carbonyl (C=O) groups excluding carboxylic acids is 2. The first kappa shape index (κ1) is 33.0. The molecule has 0 aliphatic heterocycles. The van der Waals surface area contributed by atoms with Gasteiger partial charge >= 0.3 is 6.36 Å². The number of ether oxygens (including phenoxy) is 2. The zero-order chi connectivity index (χ0) is 31.1. The van der Waals surface area contributed by atoms with E-state index in [-0.39, 0.29) is 28.6 Å². The Morgan fingerprint density at radius 1 is 0.902 bits per heavy atom. The summed E-state index contributed by atoms with van der Waals surface area (Å²) in [6, 6.07) is 10.7. The number of nitrogens with two attached hydrogens (primary N) is 2. The number of rotatable bonds is 11. The van der Waals surface area contributed by atoms with E-state index in [4.69, 9.17) is 16.2 Å². The molecule has 7 nitrogen and oxygen atoms in total. The van der Waals surface area contributed by atoms with Crippen LogP contribution in [-0.2, 0) is 9.53 Å². The maximum absolute atomic E-state index is 14.2. The highest BCUT2D eigenvalue weighted by Gasteiger charge is 2.35. The summed E-state index contributed by atoms with van der Waals surface area (Å²) in [5, 5.41) is 0. The Bertz CT molecular complexity index is 1300. The lowest BCUT2D eigenvalue weighted by molar-refractivity contribution is -0.274. The first-order valence-corrected chi connectivity index (χ1v) is 13.0. The fourth-order valence-electron chi connectivity index (χ4n) is 4.06. The second kappa shape index (κ2) is 13.4. The monoisotopic (exact) mass is 573 g/mol. The summed E-state index contributed by atoms with van der Waals surface area (Å²) >= 11 is 0. The van der Waals surface area contributed by atoms with Crippen LogP contribution in [0.4, 0.5) is 13.2 Å². The van der Waals surface area contributed by atoms with Gasteiger partial charge in [0.05, 0.1) is 11.6 Å². The first-order chi connectivity index (χ1) is 18.9. The predicted molar refractivity (Wildman–Crippen MR) is 152 cm³/mol. The van der Waals surface area contributed by atoms with Crippen molar-refractivity contribution < 1.29 is 32.2 Å². The van der Waals surface area contributed by atoms with Crippen LogP contribution in [0.5, 0.6) is 5.75 Å². The van der Waals surface area contributed by atoms with Gasteiger partial charge in [0.25, 0.3) is 0 Å². The zero-order valence-corrected chi connectivity index (χ0v) is 24.4. The van der Waals surface area contributed by atoms with Crippen molar-refractivity contribution in [3.05, 3.63) is 100 Å². The molecule has 4 N–H and O–H groups in total. The number of carbonyl (C=O) groups is 2. The van der Waals surface area contributed by atoms with Crippen molar-refractivity contribution in [1.29, 1.82) is 0 Å². The van der Waals surface area contributed by atoms with Crippen LogP contribution in [0.25, 0.3) is 0 Å². The molecule has 41 heavy (non-hydrogen) atoms. The largest absolute Gasteiger partial charge is 0.573 e. The number of hydrogen-bond acceptors (Lipinski definition) is 6. The molecule has 0 heterocycles. The standard InChI is InChI=1S/C31H38F3N3O4/c1-19(2)22-9-11-24(12-10-22)29(39)27(21(4)40-30(5,6)7)28(37(18-38)26(36)17-8-20(3)35)23-13-15-25(16-14-23)41-31(32,33)34/h8-19,28H,35-36H2,1-7H3/b20-8-,26-17+,27-21-. The van der Waals surface area contributed by atoms with Gasteiger partial charge in [-0.15, -0.1) is 13.2 Å². The van der Waals surface area contributed by atoms with E-state index in [9.17, 15) is 22.8 Å². The van der Waals surface area contributed by atoms with Crippen LogP contribution in [0.3, 0.4) is 0 Å². The molecule has 0 aromatic heterocycles. The number of benzene rings is 2. The van der Waals surface area contributed by atoms with Gasteiger partial charge in [0.15, 0.2) is 5.78 Å². The van der Waals surface area contributed by atoms with Gasteiger partial charge in [-0.2, -0.15) is 0 Å². The number of Topliss-reactive ketones (excluding diaryl/α,β-unsaturated/α-hetero) is 1. The minimum atomic E-state index is -4.89. The Balaban J connectivity index is 2.86. The van der Waals surface area contributed by atoms with E-state index in [1.165, 1.54) is 24.3 Å². The predicted octanol–water partition coefficient (Wildman–Crippen LogP) is 6.84. The number of alkyl halides is 3. The lowest BCUT2D eigenvalue weighted by Crippen LogP contribution is -2.35. The molecule has 2 aromatic rings. The molecule has 10 heteroatoms. The van der Waals surface area contributed by atoms with Crippen molar-refractivity contribution in [2.45, 2.75) is 72.4 Å². The molecule has 0 radical (unpaired) electrons. The summed E-state index contributed by atoms with van der Waals surface area (Å²) in [5.74, 6) is -0.532. The molecule has 222 valence electrons. The van der Waals surface area contributed by atoms with E-state index in [2.05, 4.69) is 4.74 Å². The normalized spacial score (nSPS) is 14.3. The Morgan fingerprint density at radius 2 is 1.44 bits per heavy atom. The van der Waals surface area contributed by atoms with Crippen LogP contribution in [0.1, 0.15) is 81.9 Å². The van der Waals surface area contributed by atoms with Gasteiger partial charge in [0, 0.05) is 11.3 Å². The molecule has 0 saturated heterocycles. The summed E-state index contributed by atoms with van der Waals surface area (Å²) in [5.41, 5.74) is 13.4. The van der Waals surface area contributed by atoms with E-state index >= 15 is 0 Å². The van der Waals surface area contributed by atoms with Gasteiger partial charge in [-0.25, -0.2) is 0 Å². The molecule has 1 amide bonds. The first-order valence-electron chi connectivity index (χ1n) is 13.0. The molecule has 2 rings (SSSR count). The third-order valence-electron chi connectivity index (χ3n) is 5.83. The van der Waals surface area contributed by atoms with Crippen molar-refractivity contribution in [3.8, 4) is 5.75 Å². The summed E-state index contributed by atoms with van der Waals surface area (Å²) in [6.45, 7) is 12.7. The second-order valence-corrected chi connectivity index (χ2v) is 10.8. The van der Waals surface area contributed by atoms with Gasteiger partial charge in [0.2, 0.25) is 6.41 Å². The molecular weight excluding hydrogens is 535 g/mol. The Kier molecular flexibility index (Phi) is 10.8. The van der Waals surface area contributed by atoms with Crippen LogP contribution in [-0.4, -0.2) is 29.1 Å². The summed E-state index contributed by atoms with van der Waals surface area (Å²) in [6.07, 6.45) is -1.57. The van der Waals surface area contributed by atoms with Crippen molar-refractivity contribution in [1.82, 2.24) is 4.90 Å². The van der Waals surface area contributed by atoms with Gasteiger partial charge < -0.3 is 20.9 Å². The van der Waals surface area contributed by atoms with Gasteiger partial charge in [0.1, 0.15) is 22.9 Å². The number of ketones is 1. The van der Waals surface area contributed by atoms with Crippen molar-refractivity contribution in [3.63, 3.8) is 0 Å². The summed E-state index contributed by atoms with van der Waals surface area (Å²) in [4.78, 5) is 27.8. The molecule has 2 aromatic carbocycles. The van der Waals surface area contributed by atoms with E-state index in [0.29, 0.717) is 17.7 Å². The third-order valence-corrected chi connectivity index (χ3v) is 5.83. The van der Waals surface area contributed by atoms with Crippen LogP contribution < -0.4 is 16.2 Å². The van der Waals surface area contributed by atoms with E-state index < -0.39 is 29.5 Å². The smallest absolute Gasteiger partial charge is 0.492 e. The molecule has 0 aliphatic rings. The number of nitrogens with zero attached hydrogens (tertiary/aromatic N) is 1. The Hall–Kier alpha value is -4.21. The van der Waals surface area contributed by atoms with Crippen LogP contribution in [0.15, 0.2) is 83.5 Å². The summed E-state index contributed by atoms with van der Waals surface area (Å²) in [7, 11) is 0. The Labute approximate surface area is 239 Å². The lowest BCUT2D eigenvalue weighted by Gasteiger charge is -2.33. The minimum absolute atomic E-state index is 0.0607. The molecule has 1 atom stereocenters. The molecule has 0 fully saturated rings. The van der Waals surface area contributed by atoms with E-state index in [1.807, 2.05) is 26.0 Å². The number of amides is 1. The SMILES string of the molecule is C/C(N)=C/C=C(\N)N(C=O)C(/C(C(=O)c1ccc(C(C)C)cc1)=C(\C)OC(C)(C)C)c1ccc(OC(F)(F)F)cc1. The summed E-state index contributed by atoms with van der Waals surface area (Å²) < 4.78 is 48.6. The molecule has 0 saturated carbocycles. The second-order valence-electron chi connectivity index (χ2n) is 10.8. The van der Waals surface area contributed by atoms with E-state index in [1.54, 1.807) is 46.8 Å². The Morgan fingerprint density at radius 3 is 1.88 bits per heavy atom. The minimum Gasteiger partial charge on any atom is -0.492 e. The van der Waals surface area contributed by atoms with Crippen molar-refractivity contribution in [2.75, 3.05) is 0 Å². The maximum atomic E-state index is 14.2. The van der Waals surface area contributed by atoms with Gasteiger partial charge in [-0.05, 0) is 75.9 Å². The number of hydrogen-bond donors (Lipinski definition) is 2.